The van der Waals surface area contributed by atoms with Gasteiger partial charge < -0.3 is 5.73 Å². The number of rotatable bonds is 5. The number of hydrogen-bond donors (Lipinski definition) is 1. The van der Waals surface area contributed by atoms with Gasteiger partial charge in [0.15, 0.2) is 0 Å². The Morgan fingerprint density at radius 2 is 2.33 bits per heavy atom. The van der Waals surface area contributed by atoms with Gasteiger partial charge in [0.25, 0.3) is 0 Å². The zero-order valence-electron chi connectivity index (χ0n) is 8.98. The molecule has 1 rings (SSSR count). The molecule has 0 aliphatic carbocycles. The first kappa shape index (κ1) is 11.5. The molecule has 0 fully saturated rings. The third-order valence-corrected chi connectivity index (χ3v) is 2.24. The Morgan fingerprint density at radius 3 is 2.87 bits per heavy atom. The maximum absolute atomic E-state index is 8.51. The Hall–Kier alpha value is -1.60. The van der Waals surface area contributed by atoms with Gasteiger partial charge in [0.05, 0.1) is 6.07 Å². The molecule has 0 aliphatic heterocycles. The third-order valence-electron chi connectivity index (χ3n) is 2.24. The molecular formula is C11H16N4. The summed E-state index contributed by atoms with van der Waals surface area (Å²) in [5.74, 6) is 0.541. The first-order valence-electron chi connectivity index (χ1n) is 5.06. The second-order valence-corrected chi connectivity index (χ2v) is 3.37. The quantitative estimate of drug-likeness (QED) is 0.787. The van der Waals surface area contributed by atoms with Crippen LogP contribution >= 0.6 is 0 Å². The van der Waals surface area contributed by atoms with Crippen LogP contribution in [-0.4, -0.2) is 23.0 Å². The van der Waals surface area contributed by atoms with E-state index in [0.29, 0.717) is 12.2 Å². The number of anilines is 1. The predicted octanol–water partition coefficient (Wildman–Crippen LogP) is 1.40. The van der Waals surface area contributed by atoms with Crippen molar-refractivity contribution in [2.45, 2.75) is 19.9 Å². The van der Waals surface area contributed by atoms with Crippen molar-refractivity contribution < 1.29 is 0 Å². The maximum Gasteiger partial charge on any atom is 0.123 e. The third kappa shape index (κ3) is 3.96. The zero-order valence-corrected chi connectivity index (χ0v) is 8.98. The average Bonchev–Trinajstić information content (AvgIpc) is 2.27. The molecule has 1 aromatic rings. The summed E-state index contributed by atoms with van der Waals surface area (Å²) in [6, 6.07) is 5.92. The molecule has 0 amide bonds. The first-order chi connectivity index (χ1) is 7.26. The summed E-state index contributed by atoms with van der Waals surface area (Å²) in [7, 11) is 0. The number of nitrogens with two attached hydrogens (primary N) is 1. The number of pyridine rings is 1. The molecule has 0 aromatic carbocycles. The van der Waals surface area contributed by atoms with E-state index < -0.39 is 0 Å². The fourth-order valence-corrected chi connectivity index (χ4v) is 1.34. The van der Waals surface area contributed by atoms with Gasteiger partial charge in [0.1, 0.15) is 5.82 Å². The Bertz CT molecular complexity index is 325. The van der Waals surface area contributed by atoms with Crippen molar-refractivity contribution in [1.82, 2.24) is 9.88 Å². The molecule has 0 saturated heterocycles. The molecule has 1 heterocycles. The highest BCUT2D eigenvalue weighted by Gasteiger charge is 2.03. The van der Waals surface area contributed by atoms with Crippen molar-refractivity contribution in [3.8, 4) is 6.07 Å². The number of hydrogen-bond acceptors (Lipinski definition) is 4. The lowest BCUT2D eigenvalue weighted by molar-refractivity contribution is 0.286. The highest BCUT2D eigenvalue weighted by molar-refractivity contribution is 5.29. The zero-order chi connectivity index (χ0) is 11.1. The van der Waals surface area contributed by atoms with E-state index in [1.54, 1.807) is 12.3 Å². The second-order valence-electron chi connectivity index (χ2n) is 3.37. The number of nitrogen functional groups attached to an aromatic ring is 1. The molecule has 0 atom stereocenters. The van der Waals surface area contributed by atoms with Crippen LogP contribution in [0, 0.1) is 11.3 Å². The molecule has 2 N–H and O–H groups in total. The largest absolute Gasteiger partial charge is 0.384 e. The van der Waals surface area contributed by atoms with Gasteiger partial charge in [-0.05, 0) is 18.2 Å². The highest BCUT2D eigenvalue weighted by Crippen LogP contribution is 2.05. The summed E-state index contributed by atoms with van der Waals surface area (Å²) < 4.78 is 0. The van der Waals surface area contributed by atoms with Crippen LogP contribution < -0.4 is 5.73 Å². The molecule has 1 aromatic heterocycles. The van der Waals surface area contributed by atoms with Gasteiger partial charge in [-0.15, -0.1) is 0 Å². The topological polar surface area (TPSA) is 65.9 Å². The van der Waals surface area contributed by atoms with Gasteiger partial charge in [0, 0.05) is 25.7 Å². The summed E-state index contributed by atoms with van der Waals surface area (Å²) in [5, 5.41) is 8.51. The van der Waals surface area contributed by atoms with Crippen LogP contribution in [0.15, 0.2) is 18.3 Å². The lowest BCUT2D eigenvalue weighted by Crippen LogP contribution is -2.23. The molecule has 0 unspecified atom stereocenters. The SMILES string of the molecule is CCN(CCC#N)Cc1ccc(N)nc1. The molecular weight excluding hydrogens is 188 g/mol. The van der Waals surface area contributed by atoms with Gasteiger partial charge in [-0.3, -0.25) is 4.90 Å². The van der Waals surface area contributed by atoms with E-state index in [1.807, 2.05) is 6.07 Å². The van der Waals surface area contributed by atoms with Crippen LogP contribution in [-0.2, 0) is 6.54 Å². The predicted molar refractivity (Wildman–Crippen MR) is 59.8 cm³/mol. The van der Waals surface area contributed by atoms with Crippen LogP contribution in [0.4, 0.5) is 5.82 Å². The molecule has 80 valence electrons. The summed E-state index contributed by atoms with van der Waals surface area (Å²) in [6.07, 6.45) is 2.35. The molecule has 4 nitrogen and oxygen atoms in total. The van der Waals surface area contributed by atoms with E-state index >= 15 is 0 Å². The van der Waals surface area contributed by atoms with Gasteiger partial charge in [-0.2, -0.15) is 5.26 Å². The lowest BCUT2D eigenvalue weighted by atomic mass is 10.2. The van der Waals surface area contributed by atoms with Crippen LogP contribution in [0.1, 0.15) is 18.9 Å². The average molecular weight is 204 g/mol. The molecule has 4 heteroatoms. The van der Waals surface area contributed by atoms with E-state index in [-0.39, 0.29) is 0 Å². The smallest absolute Gasteiger partial charge is 0.123 e. The van der Waals surface area contributed by atoms with Gasteiger partial charge in [-0.1, -0.05) is 13.0 Å². The van der Waals surface area contributed by atoms with E-state index in [1.165, 1.54) is 0 Å². The van der Waals surface area contributed by atoms with Crippen molar-refractivity contribution in [2.24, 2.45) is 0 Å². The van der Waals surface area contributed by atoms with Gasteiger partial charge >= 0.3 is 0 Å². The minimum atomic E-state index is 0.541. The standard InChI is InChI=1S/C11H16N4/c1-2-15(7-3-6-12)9-10-4-5-11(13)14-8-10/h4-5,8H,2-3,7,9H2,1H3,(H2,13,14). The number of nitriles is 1. The first-order valence-corrected chi connectivity index (χ1v) is 5.06. The van der Waals surface area contributed by atoms with Crippen LogP contribution in [0.2, 0.25) is 0 Å². The minimum Gasteiger partial charge on any atom is -0.384 e. The van der Waals surface area contributed by atoms with Crippen molar-refractivity contribution >= 4 is 5.82 Å². The molecule has 0 spiro atoms. The Kier molecular flexibility index (Phi) is 4.58. The molecule has 0 bridgehead atoms. The normalized spacial score (nSPS) is 10.2. The fourth-order valence-electron chi connectivity index (χ4n) is 1.34. The Morgan fingerprint density at radius 1 is 1.53 bits per heavy atom. The van der Waals surface area contributed by atoms with Crippen LogP contribution in [0.25, 0.3) is 0 Å². The maximum atomic E-state index is 8.51. The summed E-state index contributed by atoms with van der Waals surface area (Å²) in [5.41, 5.74) is 6.63. The van der Waals surface area contributed by atoms with Crippen molar-refractivity contribution in [3.63, 3.8) is 0 Å². The number of aromatic nitrogens is 1. The van der Waals surface area contributed by atoms with E-state index in [9.17, 15) is 0 Å². The number of nitrogens with zero attached hydrogens (tertiary/aromatic N) is 3. The minimum absolute atomic E-state index is 0.541. The Labute approximate surface area is 90.3 Å². The van der Waals surface area contributed by atoms with Crippen molar-refractivity contribution in [1.29, 1.82) is 5.26 Å². The van der Waals surface area contributed by atoms with Crippen molar-refractivity contribution in [2.75, 3.05) is 18.8 Å². The van der Waals surface area contributed by atoms with Gasteiger partial charge in [0.2, 0.25) is 0 Å². The van der Waals surface area contributed by atoms with E-state index in [4.69, 9.17) is 11.0 Å². The summed E-state index contributed by atoms with van der Waals surface area (Å²) >= 11 is 0. The van der Waals surface area contributed by atoms with Crippen LogP contribution in [0.3, 0.4) is 0 Å². The van der Waals surface area contributed by atoms with Crippen molar-refractivity contribution in [3.05, 3.63) is 23.9 Å². The summed E-state index contributed by atoms with van der Waals surface area (Å²) in [6.45, 7) is 4.65. The van der Waals surface area contributed by atoms with E-state index in [0.717, 1.165) is 25.2 Å². The monoisotopic (exact) mass is 204 g/mol. The van der Waals surface area contributed by atoms with E-state index in [2.05, 4.69) is 22.9 Å². The summed E-state index contributed by atoms with van der Waals surface area (Å²) in [4.78, 5) is 6.24. The highest BCUT2D eigenvalue weighted by atomic mass is 15.1. The lowest BCUT2D eigenvalue weighted by Gasteiger charge is -2.18. The molecule has 0 saturated carbocycles. The second kappa shape index (κ2) is 5.99. The fraction of sp³-hybridized carbons (Fsp3) is 0.455. The van der Waals surface area contributed by atoms with Gasteiger partial charge in [-0.25, -0.2) is 4.98 Å². The molecule has 15 heavy (non-hydrogen) atoms. The molecule has 0 radical (unpaired) electrons. The van der Waals surface area contributed by atoms with Crippen LogP contribution in [0.5, 0.6) is 0 Å². The molecule has 0 aliphatic rings. The Balaban J connectivity index is 2.51.